The van der Waals surface area contributed by atoms with E-state index in [1.165, 1.54) is 67.8 Å². The summed E-state index contributed by atoms with van der Waals surface area (Å²) >= 11 is 0. The quantitative estimate of drug-likeness (QED) is 0.129. The zero-order valence-corrected chi connectivity index (χ0v) is 36.7. The van der Waals surface area contributed by atoms with Gasteiger partial charge in [0, 0.05) is 12.8 Å². The van der Waals surface area contributed by atoms with E-state index >= 15 is 0 Å². The molecule has 0 fully saturated rings. The van der Waals surface area contributed by atoms with Gasteiger partial charge in [0.05, 0.1) is 23.0 Å². The molecule has 0 aliphatic rings. The van der Waals surface area contributed by atoms with Crippen LogP contribution in [0.1, 0.15) is 88.9 Å². The molecule has 55 heavy (non-hydrogen) atoms. The summed E-state index contributed by atoms with van der Waals surface area (Å²) in [6.07, 6.45) is 4.19. The fraction of sp³-hybridized carbons (Fsp3) is 0.240. The second kappa shape index (κ2) is 19.8. The molecule has 0 bridgehead atoms. The van der Waals surface area contributed by atoms with E-state index in [1.54, 1.807) is 0 Å². The number of rotatable bonds is 10. The summed E-state index contributed by atoms with van der Waals surface area (Å²) in [4.78, 5) is 0. The molecule has 0 radical (unpaired) electrons. The summed E-state index contributed by atoms with van der Waals surface area (Å²) < 4.78 is 11.9. The molecule has 8 aromatic rings. The first-order valence-electron chi connectivity index (χ1n) is 19.2. The minimum absolute atomic E-state index is 0. The van der Waals surface area contributed by atoms with Crippen LogP contribution in [0, 0.1) is 0 Å². The van der Waals surface area contributed by atoms with Crippen molar-refractivity contribution in [1.82, 2.24) is 0 Å². The van der Waals surface area contributed by atoms with Crippen LogP contribution in [0.3, 0.4) is 0 Å². The van der Waals surface area contributed by atoms with Gasteiger partial charge in [0.2, 0.25) is 0 Å². The molecule has 2 nitrogen and oxygen atoms in total. The molecule has 2 unspecified atom stereocenters. The third-order valence-electron chi connectivity index (χ3n) is 10.9. The molecule has 2 atom stereocenters. The Kier molecular flexibility index (Phi) is 15.8. The molecule has 280 valence electrons. The van der Waals surface area contributed by atoms with Gasteiger partial charge in [-0.05, 0) is 71.2 Å². The molecule has 0 saturated heterocycles. The maximum Gasteiger partial charge on any atom is 4.00 e. The van der Waals surface area contributed by atoms with Gasteiger partial charge in [0.15, 0.2) is 0 Å². The third-order valence-corrected chi connectivity index (χ3v) is 10.9. The van der Waals surface area contributed by atoms with E-state index in [4.69, 9.17) is 8.83 Å². The first kappa shape index (κ1) is 43.8. The first-order valence-corrected chi connectivity index (χ1v) is 19.2. The largest absolute Gasteiger partial charge is 4.00 e. The van der Waals surface area contributed by atoms with E-state index in [1.807, 2.05) is 0 Å². The van der Waals surface area contributed by atoms with E-state index in [2.05, 4.69) is 175 Å². The molecule has 0 aliphatic carbocycles. The van der Waals surface area contributed by atoms with E-state index < -0.39 is 0 Å². The van der Waals surface area contributed by atoms with Crippen molar-refractivity contribution in [2.24, 2.45) is 0 Å². The predicted octanol–water partition coefficient (Wildman–Crippen LogP) is 9.13. The molecule has 2 heterocycles. The van der Waals surface area contributed by atoms with E-state index in [-0.39, 0.29) is 51.0 Å². The molecular formula is C50H50Cl2O2Zr. The van der Waals surface area contributed by atoms with Crippen LogP contribution in [0.15, 0.2) is 142 Å². The number of fused-ring (bicyclic) bond motifs is 2. The summed E-state index contributed by atoms with van der Waals surface area (Å²) in [7, 11) is 0. The Hall–Kier alpha value is -3.88. The van der Waals surface area contributed by atoms with Gasteiger partial charge in [-0.25, -0.2) is 0 Å². The van der Waals surface area contributed by atoms with Crippen LogP contribution >= 0.6 is 0 Å². The van der Waals surface area contributed by atoms with Crippen LogP contribution in [-0.4, -0.2) is 0 Å². The summed E-state index contributed by atoms with van der Waals surface area (Å²) in [6.45, 7) is 13.3. The monoisotopic (exact) mass is 842 g/mol. The van der Waals surface area contributed by atoms with E-state index in [0.717, 1.165) is 47.0 Å². The van der Waals surface area contributed by atoms with Gasteiger partial charge in [-0.1, -0.05) is 137 Å². The van der Waals surface area contributed by atoms with E-state index in [0.29, 0.717) is 11.8 Å². The first-order chi connectivity index (χ1) is 25.4. The molecule has 0 amide bonds. The van der Waals surface area contributed by atoms with E-state index in [9.17, 15) is 0 Å². The summed E-state index contributed by atoms with van der Waals surface area (Å²) in [5.41, 5.74) is 10.2. The zero-order valence-electron chi connectivity index (χ0n) is 32.8. The van der Waals surface area contributed by atoms with Crippen LogP contribution in [-0.2, 0) is 39.0 Å². The Morgan fingerprint density at radius 2 is 0.873 bits per heavy atom. The zero-order chi connectivity index (χ0) is 36.2. The average Bonchev–Trinajstić information content (AvgIpc) is 4.02. The molecule has 5 heteroatoms. The van der Waals surface area contributed by atoms with Crippen molar-refractivity contribution in [3.63, 3.8) is 0 Å². The molecule has 8 rings (SSSR count). The van der Waals surface area contributed by atoms with Gasteiger partial charge >= 0.3 is 26.2 Å². The minimum atomic E-state index is 0. The van der Waals surface area contributed by atoms with Crippen LogP contribution in [0.5, 0.6) is 0 Å². The number of aryl methyl sites for hydroxylation is 2. The van der Waals surface area contributed by atoms with Crippen LogP contribution in [0.25, 0.3) is 66.4 Å². The number of hydrogen-bond donors (Lipinski definition) is 0. The average molecular weight is 845 g/mol. The number of halogens is 2. The van der Waals surface area contributed by atoms with Crippen molar-refractivity contribution < 1.29 is 59.9 Å². The Labute approximate surface area is 359 Å². The number of benzene rings is 4. The number of hydrogen-bond acceptors (Lipinski definition) is 2. The second-order valence-corrected chi connectivity index (χ2v) is 14.2. The molecule has 6 aromatic carbocycles. The molecule has 0 spiro atoms. The number of furan rings is 2. The standard InChI is InChI=1S/2C25H25O.2ClH.Zr/c2*1-4-17(3)18-9-11-19(12-10-18)23-8-6-7-20-15-21(16-24(20)23)25-14-13-22(5-2)26-25;;;/h2*6-17H,4-5H2,1-3H3;2*1H;/q2*-1;;;+4/p-2. The predicted molar refractivity (Wildman–Crippen MR) is 222 cm³/mol. The van der Waals surface area contributed by atoms with Crippen molar-refractivity contribution >= 4 is 21.5 Å². The maximum absolute atomic E-state index is 5.95. The van der Waals surface area contributed by atoms with Gasteiger partial charge < -0.3 is 33.6 Å². The van der Waals surface area contributed by atoms with Crippen molar-refractivity contribution in [2.75, 3.05) is 0 Å². The van der Waals surface area contributed by atoms with Crippen molar-refractivity contribution in [2.45, 2.75) is 79.1 Å². The van der Waals surface area contributed by atoms with Gasteiger partial charge in [-0.2, -0.15) is 0 Å². The van der Waals surface area contributed by atoms with Crippen molar-refractivity contribution in [1.29, 1.82) is 0 Å². The van der Waals surface area contributed by atoms with Gasteiger partial charge in [-0.15, -0.1) is 57.9 Å². The van der Waals surface area contributed by atoms with Crippen LogP contribution < -0.4 is 24.8 Å². The summed E-state index contributed by atoms with van der Waals surface area (Å²) in [6, 6.07) is 48.4. The molecule has 0 aliphatic heterocycles. The molecule has 2 aromatic heterocycles. The topological polar surface area (TPSA) is 26.3 Å². The van der Waals surface area contributed by atoms with Gasteiger partial charge in [0.25, 0.3) is 0 Å². The smallest absolute Gasteiger partial charge is 1.00 e. The Morgan fingerprint density at radius 1 is 0.491 bits per heavy atom. The molecular weight excluding hydrogens is 795 g/mol. The summed E-state index contributed by atoms with van der Waals surface area (Å²) in [5.74, 6) is 5.19. The van der Waals surface area contributed by atoms with Crippen molar-refractivity contribution in [3.8, 4) is 44.9 Å². The Balaban J connectivity index is 0.000000232. The maximum atomic E-state index is 5.95. The molecule has 0 N–H and O–H groups in total. The fourth-order valence-electron chi connectivity index (χ4n) is 7.16. The third kappa shape index (κ3) is 9.57. The minimum Gasteiger partial charge on any atom is -1.00 e. The summed E-state index contributed by atoms with van der Waals surface area (Å²) in [5, 5.41) is 5.09. The molecule has 0 saturated carbocycles. The van der Waals surface area contributed by atoms with Gasteiger partial charge in [-0.3, -0.25) is 0 Å². The SMILES string of the molecule is CCc1ccc(-c2cc3c(-c4ccc(C(C)CC)cc4)cccc3[cH-]2)o1.CCc1ccc(-c2cc3c(-c4ccc(C(C)CC)cc4)cccc3[cH-]2)o1.[Cl-].[Cl-].[Zr+4]. The Bertz CT molecular complexity index is 2220. The normalized spacial score (nSPS) is 11.9. The van der Waals surface area contributed by atoms with Crippen LogP contribution in [0.2, 0.25) is 0 Å². The van der Waals surface area contributed by atoms with Crippen LogP contribution in [0.4, 0.5) is 0 Å². The second-order valence-electron chi connectivity index (χ2n) is 14.2. The van der Waals surface area contributed by atoms with Crippen molar-refractivity contribution in [3.05, 3.63) is 156 Å². The van der Waals surface area contributed by atoms with Gasteiger partial charge in [0.1, 0.15) is 0 Å². The fourth-order valence-corrected chi connectivity index (χ4v) is 7.16. The Morgan fingerprint density at radius 3 is 1.20 bits per heavy atom.